The molecule has 0 radical (unpaired) electrons. The smallest absolute Gasteiger partial charge is 0.0303 e. The number of aryl methyl sites for hydroxylation is 1. The number of hydrogen-bond acceptors (Lipinski definition) is 2. The van der Waals surface area contributed by atoms with Crippen LogP contribution in [0.1, 0.15) is 39.6 Å². The van der Waals surface area contributed by atoms with Crippen LogP contribution in [0.25, 0.3) is 0 Å². The molecular weight excluding hydrogens is 238 g/mol. The zero-order chi connectivity index (χ0) is 12.4. The van der Waals surface area contributed by atoms with Crippen molar-refractivity contribution in [2.45, 2.75) is 38.8 Å². The van der Waals surface area contributed by atoms with Gasteiger partial charge in [0.05, 0.1) is 0 Å². The van der Waals surface area contributed by atoms with E-state index in [-0.39, 0.29) is 0 Å². The summed E-state index contributed by atoms with van der Waals surface area (Å²) < 4.78 is 0. The first kappa shape index (κ1) is 11.9. The van der Waals surface area contributed by atoms with Crippen LogP contribution in [-0.2, 0) is 13.1 Å². The Kier molecular flexibility index (Phi) is 3.48. The largest absolute Gasteiger partial charge is 0.308 e. The van der Waals surface area contributed by atoms with Gasteiger partial charge >= 0.3 is 0 Å². The third-order valence-electron chi connectivity index (χ3n) is 3.48. The molecule has 0 bridgehead atoms. The van der Waals surface area contributed by atoms with Crippen molar-refractivity contribution >= 4 is 11.3 Å². The molecule has 94 valence electrons. The molecule has 1 heterocycles. The Hall–Kier alpha value is -1.12. The molecule has 18 heavy (non-hydrogen) atoms. The maximum absolute atomic E-state index is 3.56. The van der Waals surface area contributed by atoms with Gasteiger partial charge in [-0.05, 0) is 48.9 Å². The Bertz CT molecular complexity index is 525. The normalized spacial score (nSPS) is 14.9. The number of benzene rings is 1. The van der Waals surface area contributed by atoms with Crippen LogP contribution >= 0.6 is 11.3 Å². The minimum atomic E-state index is 0.840. The lowest BCUT2D eigenvalue weighted by molar-refractivity contribution is 0.695. The summed E-state index contributed by atoms with van der Waals surface area (Å²) in [5, 5.41) is 3.56. The summed E-state index contributed by atoms with van der Waals surface area (Å²) in [4.78, 5) is 2.82. The predicted molar refractivity (Wildman–Crippen MR) is 78.0 cm³/mol. The fourth-order valence-corrected chi connectivity index (χ4v) is 3.25. The number of nitrogens with one attached hydrogen (secondary N) is 1. The predicted octanol–water partition coefficient (Wildman–Crippen LogP) is 4.22. The van der Waals surface area contributed by atoms with Gasteiger partial charge in [-0.3, -0.25) is 0 Å². The first-order valence-corrected chi connectivity index (χ1v) is 7.48. The topological polar surface area (TPSA) is 12.0 Å². The zero-order valence-electron chi connectivity index (χ0n) is 10.8. The van der Waals surface area contributed by atoms with Crippen LogP contribution in [0.5, 0.6) is 0 Å². The second kappa shape index (κ2) is 5.25. The zero-order valence-corrected chi connectivity index (χ0v) is 11.6. The second-order valence-corrected chi connectivity index (χ2v) is 6.46. The summed E-state index contributed by atoms with van der Waals surface area (Å²) in [5.41, 5.74) is 3.04. The van der Waals surface area contributed by atoms with Crippen LogP contribution in [0.15, 0.2) is 36.4 Å². The molecule has 1 aromatic carbocycles. The van der Waals surface area contributed by atoms with Crippen molar-refractivity contribution in [3.63, 3.8) is 0 Å². The maximum Gasteiger partial charge on any atom is 0.0303 e. The number of thiophene rings is 1. The van der Waals surface area contributed by atoms with Gasteiger partial charge in [0.15, 0.2) is 0 Å². The van der Waals surface area contributed by atoms with Crippen molar-refractivity contribution in [1.82, 2.24) is 5.32 Å². The van der Waals surface area contributed by atoms with Gasteiger partial charge in [-0.2, -0.15) is 0 Å². The highest BCUT2D eigenvalue weighted by molar-refractivity contribution is 7.11. The van der Waals surface area contributed by atoms with E-state index in [1.54, 1.807) is 5.56 Å². The quantitative estimate of drug-likeness (QED) is 0.845. The van der Waals surface area contributed by atoms with E-state index in [1.165, 1.54) is 28.2 Å². The van der Waals surface area contributed by atoms with Gasteiger partial charge in [0, 0.05) is 22.8 Å². The summed E-state index contributed by atoms with van der Waals surface area (Å²) in [7, 11) is 0. The van der Waals surface area contributed by atoms with Crippen molar-refractivity contribution in [1.29, 1.82) is 0 Å². The van der Waals surface area contributed by atoms with E-state index in [0.717, 1.165) is 19.0 Å². The highest BCUT2D eigenvalue weighted by Gasteiger charge is 2.25. The summed E-state index contributed by atoms with van der Waals surface area (Å²) in [6.07, 6.45) is 2.75. The standard InChI is InChI=1S/C16H19NS/c1-12-6-9-15(18-12)11-17-10-14-4-2-3-5-16(14)13-7-8-13/h2-6,9,13,17H,7-8,10-11H2,1H3. The lowest BCUT2D eigenvalue weighted by Crippen LogP contribution is -2.13. The Morgan fingerprint density at radius 3 is 2.67 bits per heavy atom. The van der Waals surface area contributed by atoms with Gasteiger partial charge < -0.3 is 5.32 Å². The highest BCUT2D eigenvalue weighted by atomic mass is 32.1. The van der Waals surface area contributed by atoms with Crippen molar-refractivity contribution in [2.75, 3.05) is 0 Å². The van der Waals surface area contributed by atoms with Gasteiger partial charge in [-0.25, -0.2) is 0 Å². The SMILES string of the molecule is Cc1ccc(CNCc2ccccc2C2CC2)s1. The van der Waals surface area contributed by atoms with Crippen molar-refractivity contribution in [2.24, 2.45) is 0 Å². The molecule has 1 aliphatic rings. The lowest BCUT2D eigenvalue weighted by Gasteiger charge is -2.09. The molecule has 1 nitrogen and oxygen atoms in total. The molecule has 1 fully saturated rings. The molecule has 1 N–H and O–H groups in total. The molecule has 2 heteroatoms. The molecular formula is C16H19NS. The van der Waals surface area contributed by atoms with Crippen LogP contribution in [-0.4, -0.2) is 0 Å². The molecule has 1 aliphatic carbocycles. The van der Waals surface area contributed by atoms with Gasteiger partial charge in [0.1, 0.15) is 0 Å². The maximum atomic E-state index is 3.56. The van der Waals surface area contributed by atoms with E-state index in [0.29, 0.717) is 0 Å². The van der Waals surface area contributed by atoms with E-state index in [4.69, 9.17) is 0 Å². The number of hydrogen-bond donors (Lipinski definition) is 1. The molecule has 0 spiro atoms. The molecule has 0 unspecified atom stereocenters. The molecule has 0 amide bonds. The van der Waals surface area contributed by atoms with Gasteiger partial charge in [0.2, 0.25) is 0 Å². The average Bonchev–Trinajstić information content (AvgIpc) is 3.14. The second-order valence-electron chi connectivity index (χ2n) is 5.09. The van der Waals surface area contributed by atoms with E-state index in [9.17, 15) is 0 Å². The summed E-state index contributed by atoms with van der Waals surface area (Å²) in [6, 6.07) is 13.3. The van der Waals surface area contributed by atoms with Gasteiger partial charge in [0.25, 0.3) is 0 Å². The fraction of sp³-hybridized carbons (Fsp3) is 0.375. The Balaban J connectivity index is 1.59. The first-order valence-electron chi connectivity index (χ1n) is 6.67. The summed E-state index contributed by atoms with van der Waals surface area (Å²) in [6.45, 7) is 4.14. The minimum Gasteiger partial charge on any atom is -0.308 e. The summed E-state index contributed by atoms with van der Waals surface area (Å²) in [5.74, 6) is 0.840. The molecule has 1 saturated carbocycles. The molecule has 0 saturated heterocycles. The molecule has 0 aliphatic heterocycles. The Morgan fingerprint density at radius 1 is 1.11 bits per heavy atom. The van der Waals surface area contributed by atoms with Crippen molar-refractivity contribution in [3.05, 3.63) is 57.3 Å². The minimum absolute atomic E-state index is 0.840. The molecule has 1 aromatic heterocycles. The lowest BCUT2D eigenvalue weighted by atomic mass is 10.0. The summed E-state index contributed by atoms with van der Waals surface area (Å²) >= 11 is 1.88. The molecule has 3 rings (SSSR count). The van der Waals surface area contributed by atoms with Gasteiger partial charge in [-0.15, -0.1) is 11.3 Å². The van der Waals surface area contributed by atoms with Crippen molar-refractivity contribution in [3.8, 4) is 0 Å². The van der Waals surface area contributed by atoms with Crippen molar-refractivity contribution < 1.29 is 0 Å². The number of rotatable bonds is 5. The van der Waals surface area contributed by atoms with E-state index in [2.05, 4.69) is 48.6 Å². The highest BCUT2D eigenvalue weighted by Crippen LogP contribution is 2.41. The average molecular weight is 257 g/mol. The van der Waals surface area contributed by atoms with E-state index >= 15 is 0 Å². The fourth-order valence-electron chi connectivity index (χ4n) is 2.39. The third-order valence-corrected chi connectivity index (χ3v) is 4.48. The van der Waals surface area contributed by atoms with E-state index in [1.807, 2.05) is 11.3 Å². The van der Waals surface area contributed by atoms with Crippen LogP contribution in [0.2, 0.25) is 0 Å². The van der Waals surface area contributed by atoms with Crippen LogP contribution < -0.4 is 5.32 Å². The van der Waals surface area contributed by atoms with Crippen LogP contribution in [0.3, 0.4) is 0 Å². The monoisotopic (exact) mass is 257 g/mol. The Labute approximate surface area is 113 Å². The van der Waals surface area contributed by atoms with Crippen LogP contribution in [0.4, 0.5) is 0 Å². The van der Waals surface area contributed by atoms with Crippen LogP contribution in [0, 0.1) is 6.92 Å². The first-order chi connectivity index (χ1) is 8.83. The Morgan fingerprint density at radius 2 is 1.94 bits per heavy atom. The van der Waals surface area contributed by atoms with E-state index < -0.39 is 0 Å². The van der Waals surface area contributed by atoms with Gasteiger partial charge in [-0.1, -0.05) is 24.3 Å². The third kappa shape index (κ3) is 2.82. The molecule has 2 aromatic rings. The molecule has 0 atom stereocenters.